The van der Waals surface area contributed by atoms with E-state index in [0.717, 1.165) is 50.5 Å². The van der Waals surface area contributed by atoms with E-state index >= 15 is 0 Å². The molecule has 5 aliphatic carbocycles. The van der Waals surface area contributed by atoms with Crippen molar-refractivity contribution < 1.29 is 23.2 Å². The van der Waals surface area contributed by atoms with Gasteiger partial charge in [0.2, 0.25) is 0 Å². The number of nitriles is 1. The van der Waals surface area contributed by atoms with Gasteiger partial charge in [0.25, 0.3) is 0 Å². The van der Waals surface area contributed by atoms with Crippen molar-refractivity contribution in [3.8, 4) is 6.07 Å². The molecule has 1 saturated heterocycles. The number of carbonyl (C=O) groups is 2. The van der Waals surface area contributed by atoms with Gasteiger partial charge in [0.1, 0.15) is 6.07 Å². The number of fused-ring (bicyclic) bond motifs is 8. The summed E-state index contributed by atoms with van der Waals surface area (Å²) >= 11 is 0. The zero-order chi connectivity index (χ0) is 30.0. The van der Waals surface area contributed by atoms with Crippen molar-refractivity contribution in [2.24, 2.45) is 50.2 Å². The summed E-state index contributed by atoms with van der Waals surface area (Å²) in [5.74, 6) is -0.127. The second kappa shape index (κ2) is 7.72. The topological polar surface area (TPSA) is 76.4 Å². The molecular formula is C33H43NO4. The molecule has 0 aromatic carbocycles. The lowest BCUT2D eigenvalue weighted by Gasteiger charge is -2.70. The quantitative estimate of drug-likeness (QED) is 0.396. The van der Waals surface area contributed by atoms with Crippen molar-refractivity contribution in [1.82, 2.24) is 0 Å². The van der Waals surface area contributed by atoms with Crippen molar-refractivity contribution in [3.63, 3.8) is 0 Å². The highest BCUT2D eigenvalue weighted by Gasteiger charge is 2.72. The molecule has 7 atom stereocenters. The lowest BCUT2D eigenvalue weighted by atomic mass is 9.34. The molecular weight excluding hydrogens is 474 g/mol. The predicted molar refractivity (Wildman–Crippen MR) is 145 cm³/mol. The van der Waals surface area contributed by atoms with Crippen molar-refractivity contribution in [1.29, 1.82) is 5.26 Å². The fourth-order valence-electron chi connectivity index (χ4n) is 10.5. The number of Topliss-reactive ketones (excluding diaryl/α,β-unsaturated/α-hetero) is 1. The smallest absolute Gasteiger partial charge is 0.184 e. The van der Waals surface area contributed by atoms with E-state index in [-0.39, 0.29) is 51.1 Å². The Kier molecular flexibility index (Phi) is 4.59. The van der Waals surface area contributed by atoms with E-state index < -0.39 is 23.3 Å². The van der Waals surface area contributed by atoms with E-state index in [1.54, 1.807) is 0 Å². The Hall–Kier alpha value is -2.19. The molecule has 6 rings (SSSR count). The third-order valence-electron chi connectivity index (χ3n) is 12.9. The lowest BCUT2D eigenvalue weighted by Crippen LogP contribution is -2.67. The number of allylic oxidation sites excluding steroid dienone is 5. The van der Waals surface area contributed by atoms with E-state index in [0.29, 0.717) is 19.0 Å². The van der Waals surface area contributed by atoms with Crippen molar-refractivity contribution in [3.05, 3.63) is 35.6 Å². The number of hydrogen-bond donors (Lipinski definition) is 0. The summed E-state index contributed by atoms with van der Waals surface area (Å²) in [5, 5.41) is 9.98. The molecule has 0 unspecified atom stereocenters. The first-order valence-corrected chi connectivity index (χ1v) is 14.3. The summed E-state index contributed by atoms with van der Waals surface area (Å²) in [5.41, 5.74) is -1.33. The van der Waals surface area contributed by atoms with Gasteiger partial charge in [-0.1, -0.05) is 52.8 Å². The molecule has 38 heavy (non-hydrogen) atoms. The molecule has 204 valence electrons. The van der Waals surface area contributed by atoms with Gasteiger partial charge in [0.15, 0.2) is 11.6 Å². The van der Waals surface area contributed by atoms with Crippen LogP contribution >= 0.6 is 0 Å². The molecule has 0 bridgehead atoms. The zero-order valence-electron chi connectivity index (χ0n) is 26.5. The van der Waals surface area contributed by atoms with E-state index in [9.17, 15) is 14.9 Å². The minimum atomic E-state index is -2.59. The number of ketones is 2. The van der Waals surface area contributed by atoms with Gasteiger partial charge in [0, 0.05) is 16.7 Å². The third kappa shape index (κ3) is 2.86. The van der Waals surface area contributed by atoms with Crippen LogP contribution in [0.3, 0.4) is 0 Å². The van der Waals surface area contributed by atoms with Crippen LogP contribution in [-0.4, -0.2) is 31.8 Å². The van der Waals surface area contributed by atoms with Gasteiger partial charge in [-0.25, -0.2) is 0 Å². The monoisotopic (exact) mass is 520 g/mol. The summed E-state index contributed by atoms with van der Waals surface area (Å²) in [6, 6.07) is 2.18. The third-order valence-corrected chi connectivity index (χ3v) is 12.9. The standard InChI is InChI=1S/C33H43NO4/c1-20(37-7)32-12-10-28(2,3)16-22(32)26-23(35)14-25-29(4)15-21(17-34)27(36)33(18-38-19-33)24(29)8-9-30(25,5)31(26,6)11-13-32/h14-15,22,24,26H,1,8-13,16,18-19H2,2-7H3/t22-,24+,26-,29-,30+,31+,32+/m0/s1/i7D3. The number of methoxy groups -OCH3 is 1. The number of nitrogens with zero attached hydrogens (tertiary/aromatic N) is 1. The van der Waals surface area contributed by atoms with Crippen LogP contribution in [0, 0.1) is 61.6 Å². The Morgan fingerprint density at radius 3 is 2.47 bits per heavy atom. The fourth-order valence-corrected chi connectivity index (χ4v) is 10.5. The highest BCUT2D eigenvalue weighted by Crippen LogP contribution is 2.75. The molecule has 0 aromatic heterocycles. The van der Waals surface area contributed by atoms with Gasteiger partial charge < -0.3 is 9.47 Å². The van der Waals surface area contributed by atoms with Crippen molar-refractivity contribution >= 4 is 11.6 Å². The van der Waals surface area contributed by atoms with Gasteiger partial charge in [-0.2, -0.15) is 5.26 Å². The molecule has 6 aliphatic rings. The fraction of sp³-hybridized carbons (Fsp3) is 0.727. The zero-order valence-corrected chi connectivity index (χ0v) is 23.5. The molecule has 4 fully saturated rings. The van der Waals surface area contributed by atoms with Crippen LogP contribution in [-0.2, 0) is 19.1 Å². The van der Waals surface area contributed by atoms with E-state index in [1.807, 2.05) is 12.2 Å². The Morgan fingerprint density at radius 2 is 1.84 bits per heavy atom. The molecule has 0 amide bonds. The van der Waals surface area contributed by atoms with Gasteiger partial charge in [0.05, 0.1) is 41.1 Å². The summed E-state index contributed by atoms with van der Waals surface area (Å²) in [4.78, 5) is 28.0. The summed E-state index contributed by atoms with van der Waals surface area (Å²) in [6.07, 6.45) is 9.36. The average molecular weight is 521 g/mol. The Labute approximate surface area is 231 Å². The second-order valence-corrected chi connectivity index (χ2v) is 14.9. The number of rotatable bonds is 2. The highest BCUT2D eigenvalue weighted by molar-refractivity contribution is 6.05. The minimum absolute atomic E-state index is 0.00622. The van der Waals surface area contributed by atoms with Gasteiger partial charge in [-0.3, -0.25) is 9.59 Å². The maximum absolute atomic E-state index is 14.6. The Morgan fingerprint density at radius 1 is 1.13 bits per heavy atom. The maximum atomic E-state index is 14.6. The van der Waals surface area contributed by atoms with Crippen molar-refractivity contribution in [2.75, 3.05) is 20.3 Å². The van der Waals surface area contributed by atoms with Gasteiger partial charge >= 0.3 is 0 Å². The first-order chi connectivity index (χ1) is 18.9. The molecule has 1 aliphatic heterocycles. The Balaban J connectivity index is 1.50. The number of carbonyl (C=O) groups excluding carboxylic acids is 2. The molecule has 0 radical (unpaired) electrons. The van der Waals surface area contributed by atoms with Crippen LogP contribution in [0.2, 0.25) is 0 Å². The van der Waals surface area contributed by atoms with Crippen LogP contribution in [0.4, 0.5) is 0 Å². The molecule has 0 N–H and O–H groups in total. The SMILES string of the molecule is [2H]C([2H])([2H])OC(=C)[C@]12CCC(C)(C)C[C@H]1[C@H]1C(=O)C=C3[C@@]4(C)C=C(C#N)C(=O)C5(COC5)[C@@H]4CC[C@@]3(C)[C@]1(C)CC2. The summed E-state index contributed by atoms with van der Waals surface area (Å²) < 4.78 is 34.5. The first-order valence-electron chi connectivity index (χ1n) is 15.8. The normalized spacial score (nSPS) is 47.7. The lowest BCUT2D eigenvalue weighted by molar-refractivity contribution is -0.195. The predicted octanol–water partition coefficient (Wildman–Crippen LogP) is 6.36. The van der Waals surface area contributed by atoms with E-state index in [2.05, 4.69) is 47.3 Å². The average Bonchev–Trinajstić information content (AvgIpc) is 2.83. The molecule has 1 spiro atoms. The van der Waals surface area contributed by atoms with Crippen LogP contribution in [0.1, 0.15) is 83.7 Å². The summed E-state index contributed by atoms with van der Waals surface area (Å²) in [6.45, 7) is 16.0. The van der Waals surface area contributed by atoms with Gasteiger partial charge in [-0.15, -0.1) is 0 Å². The highest BCUT2D eigenvalue weighted by atomic mass is 16.5. The van der Waals surface area contributed by atoms with Crippen LogP contribution < -0.4 is 0 Å². The molecule has 3 saturated carbocycles. The Bertz CT molecular complexity index is 1350. The second-order valence-electron chi connectivity index (χ2n) is 14.9. The number of hydrogen-bond acceptors (Lipinski definition) is 5. The first kappa shape index (κ1) is 22.6. The van der Waals surface area contributed by atoms with Crippen LogP contribution in [0.15, 0.2) is 35.6 Å². The van der Waals surface area contributed by atoms with E-state index in [4.69, 9.17) is 13.6 Å². The van der Waals surface area contributed by atoms with Crippen molar-refractivity contribution in [2.45, 2.75) is 79.6 Å². The summed E-state index contributed by atoms with van der Waals surface area (Å²) in [7, 11) is -2.59. The van der Waals surface area contributed by atoms with Crippen LogP contribution in [0.5, 0.6) is 0 Å². The number of ether oxygens (including phenoxy) is 2. The van der Waals surface area contributed by atoms with Gasteiger partial charge in [-0.05, 0) is 79.1 Å². The molecule has 5 nitrogen and oxygen atoms in total. The maximum Gasteiger partial charge on any atom is 0.184 e. The molecule has 1 heterocycles. The molecule has 0 aromatic rings. The minimum Gasteiger partial charge on any atom is -0.501 e. The molecule has 5 heteroatoms. The van der Waals surface area contributed by atoms with E-state index in [1.165, 1.54) is 0 Å². The van der Waals surface area contributed by atoms with Crippen LogP contribution in [0.25, 0.3) is 0 Å². The largest absolute Gasteiger partial charge is 0.501 e.